The third-order valence-electron chi connectivity index (χ3n) is 3.16. The third-order valence-corrected chi connectivity index (χ3v) is 3.16. The summed E-state index contributed by atoms with van der Waals surface area (Å²) in [6.07, 6.45) is 0. The van der Waals surface area contributed by atoms with E-state index in [2.05, 4.69) is 5.10 Å². The monoisotopic (exact) mass is 245 g/mol. The minimum absolute atomic E-state index is 0.0458. The molecule has 0 unspecified atom stereocenters. The molecule has 1 aromatic carbocycles. The summed E-state index contributed by atoms with van der Waals surface area (Å²) in [6.45, 7) is 6.35. The smallest absolute Gasteiger partial charge is 0.275 e. The van der Waals surface area contributed by atoms with Gasteiger partial charge in [0.1, 0.15) is 0 Å². The van der Waals surface area contributed by atoms with E-state index < -0.39 is 0 Å². The van der Waals surface area contributed by atoms with E-state index in [1.54, 1.807) is 4.68 Å². The fraction of sp³-hybridized carbons (Fsp3) is 0.357. The third kappa shape index (κ3) is 1.99. The molecule has 4 heteroatoms. The number of hydrogen-bond acceptors (Lipinski definition) is 2. The molecule has 2 aromatic rings. The number of aryl methyl sites for hydroxylation is 1. The maximum atomic E-state index is 12.3. The van der Waals surface area contributed by atoms with Gasteiger partial charge in [-0.3, -0.25) is 9.89 Å². The molecule has 0 fully saturated rings. The fourth-order valence-electron chi connectivity index (χ4n) is 2.15. The van der Waals surface area contributed by atoms with Gasteiger partial charge < -0.3 is 5.73 Å². The van der Waals surface area contributed by atoms with Crippen LogP contribution in [0.2, 0.25) is 0 Å². The van der Waals surface area contributed by atoms with Crippen molar-refractivity contribution < 1.29 is 0 Å². The first kappa shape index (κ1) is 12.6. The highest BCUT2D eigenvalue weighted by Crippen LogP contribution is 2.17. The quantitative estimate of drug-likeness (QED) is 0.869. The minimum atomic E-state index is -0.0458. The summed E-state index contributed by atoms with van der Waals surface area (Å²) in [4.78, 5) is 12.3. The lowest BCUT2D eigenvalue weighted by Gasteiger charge is -2.06. The van der Waals surface area contributed by atoms with Crippen LogP contribution in [-0.4, -0.2) is 9.78 Å². The Bertz CT molecular complexity index is 608. The van der Waals surface area contributed by atoms with Gasteiger partial charge in [0.25, 0.3) is 5.56 Å². The molecule has 4 nitrogen and oxygen atoms in total. The average molecular weight is 245 g/mol. The van der Waals surface area contributed by atoms with Crippen LogP contribution in [0.4, 0.5) is 0 Å². The first-order valence-corrected chi connectivity index (χ1v) is 6.16. The van der Waals surface area contributed by atoms with Crippen molar-refractivity contribution in [1.82, 2.24) is 9.78 Å². The standard InChI is InChI=1S/C14H19N3O/c1-9(2)13-11(8-15)14(18)17(16-13)12-7-5-4-6-10(12)3/h4-7,9,16H,8,15H2,1-3H3. The second-order valence-electron chi connectivity index (χ2n) is 4.79. The van der Waals surface area contributed by atoms with Gasteiger partial charge in [-0.25, -0.2) is 4.68 Å². The predicted molar refractivity (Wildman–Crippen MR) is 73.1 cm³/mol. The Labute approximate surface area is 106 Å². The zero-order valence-corrected chi connectivity index (χ0v) is 11.0. The lowest BCUT2D eigenvalue weighted by Crippen LogP contribution is -2.19. The number of benzene rings is 1. The second kappa shape index (κ2) is 4.82. The summed E-state index contributed by atoms with van der Waals surface area (Å²) in [5.74, 6) is 0.251. The Balaban J connectivity index is 2.67. The Morgan fingerprint density at radius 3 is 2.50 bits per heavy atom. The van der Waals surface area contributed by atoms with Crippen molar-refractivity contribution in [2.45, 2.75) is 33.2 Å². The van der Waals surface area contributed by atoms with Crippen molar-refractivity contribution in [3.05, 3.63) is 51.4 Å². The normalized spacial score (nSPS) is 11.2. The van der Waals surface area contributed by atoms with Crippen molar-refractivity contribution in [2.24, 2.45) is 5.73 Å². The van der Waals surface area contributed by atoms with Crippen molar-refractivity contribution >= 4 is 0 Å². The molecule has 96 valence electrons. The molecule has 0 amide bonds. The summed E-state index contributed by atoms with van der Waals surface area (Å²) in [6, 6.07) is 7.80. The van der Waals surface area contributed by atoms with E-state index in [0.717, 1.165) is 16.9 Å². The Hall–Kier alpha value is -1.81. The Kier molecular flexibility index (Phi) is 3.39. The summed E-state index contributed by atoms with van der Waals surface area (Å²) >= 11 is 0. The number of nitrogens with two attached hydrogens (primary N) is 1. The van der Waals surface area contributed by atoms with Gasteiger partial charge in [-0.15, -0.1) is 0 Å². The maximum absolute atomic E-state index is 12.3. The fourth-order valence-corrected chi connectivity index (χ4v) is 2.15. The summed E-state index contributed by atoms with van der Waals surface area (Å²) in [5.41, 5.74) is 9.17. The SMILES string of the molecule is Cc1ccccc1-n1[nH]c(C(C)C)c(CN)c1=O. The first-order valence-electron chi connectivity index (χ1n) is 6.16. The number of aromatic amines is 1. The molecule has 0 spiro atoms. The number of hydrogen-bond donors (Lipinski definition) is 2. The number of aromatic nitrogens is 2. The van der Waals surface area contributed by atoms with E-state index >= 15 is 0 Å². The summed E-state index contributed by atoms with van der Waals surface area (Å²) < 4.78 is 1.59. The van der Waals surface area contributed by atoms with Crippen LogP contribution in [0, 0.1) is 6.92 Å². The van der Waals surface area contributed by atoms with E-state index in [0.29, 0.717) is 5.56 Å². The lowest BCUT2D eigenvalue weighted by atomic mass is 10.1. The van der Waals surface area contributed by atoms with Gasteiger partial charge in [0.15, 0.2) is 0 Å². The van der Waals surface area contributed by atoms with Crippen LogP contribution in [0.15, 0.2) is 29.1 Å². The van der Waals surface area contributed by atoms with Crippen molar-refractivity contribution in [1.29, 1.82) is 0 Å². The van der Waals surface area contributed by atoms with E-state index in [1.807, 2.05) is 45.0 Å². The second-order valence-corrected chi connectivity index (χ2v) is 4.79. The topological polar surface area (TPSA) is 63.8 Å². The van der Waals surface area contributed by atoms with Crippen molar-refractivity contribution in [3.8, 4) is 5.69 Å². The first-order chi connectivity index (χ1) is 8.56. The number of para-hydroxylation sites is 1. The van der Waals surface area contributed by atoms with Crippen LogP contribution >= 0.6 is 0 Å². The molecule has 0 aliphatic rings. The van der Waals surface area contributed by atoms with Crippen molar-refractivity contribution in [2.75, 3.05) is 0 Å². The molecule has 18 heavy (non-hydrogen) atoms. The van der Waals surface area contributed by atoms with Crippen LogP contribution in [0.3, 0.4) is 0 Å². The van der Waals surface area contributed by atoms with Gasteiger partial charge in [-0.05, 0) is 24.5 Å². The molecule has 0 aliphatic carbocycles. The van der Waals surface area contributed by atoms with Crippen LogP contribution in [-0.2, 0) is 6.54 Å². The molecular weight excluding hydrogens is 226 g/mol. The molecule has 0 radical (unpaired) electrons. The number of H-pyrrole nitrogens is 1. The Morgan fingerprint density at radius 2 is 2.00 bits per heavy atom. The van der Waals surface area contributed by atoms with E-state index in [-0.39, 0.29) is 18.0 Å². The van der Waals surface area contributed by atoms with Crippen molar-refractivity contribution in [3.63, 3.8) is 0 Å². The van der Waals surface area contributed by atoms with Gasteiger partial charge >= 0.3 is 0 Å². The molecule has 0 saturated carbocycles. The van der Waals surface area contributed by atoms with E-state index in [4.69, 9.17) is 5.73 Å². The minimum Gasteiger partial charge on any atom is -0.326 e. The molecule has 2 rings (SSSR count). The van der Waals surface area contributed by atoms with Crippen LogP contribution in [0.25, 0.3) is 5.69 Å². The van der Waals surface area contributed by atoms with Gasteiger partial charge in [0.05, 0.1) is 11.3 Å². The predicted octanol–water partition coefficient (Wildman–Crippen LogP) is 2.06. The lowest BCUT2D eigenvalue weighted by molar-refractivity contribution is 0.754. The molecule has 0 aliphatic heterocycles. The highest BCUT2D eigenvalue weighted by Gasteiger charge is 2.16. The molecule has 3 N–H and O–H groups in total. The maximum Gasteiger partial charge on any atom is 0.275 e. The number of nitrogens with one attached hydrogen (secondary N) is 1. The van der Waals surface area contributed by atoms with Crippen LogP contribution in [0.1, 0.15) is 36.6 Å². The van der Waals surface area contributed by atoms with Gasteiger partial charge in [0, 0.05) is 12.2 Å². The summed E-state index contributed by atoms with van der Waals surface area (Å²) in [5, 5.41) is 3.18. The molecule has 0 atom stereocenters. The van der Waals surface area contributed by atoms with Crippen LogP contribution in [0.5, 0.6) is 0 Å². The van der Waals surface area contributed by atoms with Gasteiger partial charge in [-0.1, -0.05) is 32.0 Å². The number of nitrogens with zero attached hydrogens (tertiary/aromatic N) is 1. The Morgan fingerprint density at radius 1 is 1.33 bits per heavy atom. The molecule has 1 heterocycles. The highest BCUT2D eigenvalue weighted by atomic mass is 16.1. The van der Waals surface area contributed by atoms with Crippen LogP contribution < -0.4 is 11.3 Å². The molecule has 0 saturated heterocycles. The average Bonchev–Trinajstić information content (AvgIpc) is 2.67. The van der Waals surface area contributed by atoms with E-state index in [1.165, 1.54) is 0 Å². The van der Waals surface area contributed by atoms with Gasteiger partial charge in [-0.2, -0.15) is 0 Å². The number of rotatable bonds is 3. The molecule has 1 aromatic heterocycles. The molecule has 0 bridgehead atoms. The largest absolute Gasteiger partial charge is 0.326 e. The zero-order valence-electron chi connectivity index (χ0n) is 11.0. The molecular formula is C14H19N3O. The van der Waals surface area contributed by atoms with Gasteiger partial charge in [0.2, 0.25) is 0 Å². The summed E-state index contributed by atoms with van der Waals surface area (Å²) in [7, 11) is 0. The van der Waals surface area contributed by atoms with E-state index in [9.17, 15) is 4.79 Å². The highest BCUT2D eigenvalue weighted by molar-refractivity contribution is 5.40. The zero-order chi connectivity index (χ0) is 13.3.